The molecule has 0 spiro atoms. The second-order valence-corrected chi connectivity index (χ2v) is 20.5. The first-order chi connectivity index (χ1) is 36.6. The minimum atomic E-state index is 0.773. The fourth-order valence-electron chi connectivity index (χ4n) is 10.4. The lowest BCUT2D eigenvalue weighted by molar-refractivity contribution is 0.304. The smallest absolute Gasteiger partial charge is 0.119 e. The van der Waals surface area contributed by atoms with Crippen molar-refractivity contribution < 1.29 is 9.47 Å². The Morgan fingerprint density at radius 1 is 0.324 bits per heavy atom. The molecular weight excluding hydrogens is 905 g/mol. The molecule has 6 heteroatoms. The molecular formula is C68H78N4O2. The van der Waals surface area contributed by atoms with E-state index >= 15 is 0 Å². The van der Waals surface area contributed by atoms with Crippen LogP contribution in [-0.4, -0.2) is 33.1 Å². The van der Waals surface area contributed by atoms with Crippen molar-refractivity contribution >= 4 is 46.4 Å². The monoisotopic (exact) mass is 983 g/mol. The third-order valence-electron chi connectivity index (χ3n) is 14.7. The second kappa shape index (κ2) is 27.4. The van der Waals surface area contributed by atoms with Crippen molar-refractivity contribution in [2.75, 3.05) is 13.2 Å². The number of aromatic amines is 2. The lowest BCUT2D eigenvalue weighted by Crippen LogP contribution is -1.97. The van der Waals surface area contributed by atoms with Gasteiger partial charge in [-0.15, -0.1) is 0 Å². The fourth-order valence-corrected chi connectivity index (χ4v) is 10.4. The molecule has 0 fully saturated rings. The van der Waals surface area contributed by atoms with Crippen LogP contribution in [0.4, 0.5) is 0 Å². The first-order valence-corrected chi connectivity index (χ1v) is 28.4. The Hall–Kier alpha value is -6.92. The molecule has 3 aromatic heterocycles. The number of H-pyrrole nitrogens is 2. The van der Waals surface area contributed by atoms with Crippen LogP contribution in [0, 0.1) is 0 Å². The highest BCUT2D eigenvalue weighted by Gasteiger charge is 2.15. The molecule has 0 saturated carbocycles. The van der Waals surface area contributed by atoms with Crippen molar-refractivity contribution in [2.24, 2.45) is 0 Å². The Kier molecular flexibility index (Phi) is 19.2. The number of hydrogen-bond acceptors (Lipinski definition) is 4. The topological polar surface area (TPSA) is 75.8 Å². The Morgan fingerprint density at radius 3 is 0.986 bits per heavy atom. The van der Waals surface area contributed by atoms with Gasteiger partial charge in [0.25, 0.3) is 0 Å². The van der Waals surface area contributed by atoms with Crippen molar-refractivity contribution in [1.29, 1.82) is 0 Å². The molecule has 5 heterocycles. The van der Waals surface area contributed by atoms with Crippen molar-refractivity contribution in [3.63, 3.8) is 0 Å². The molecule has 0 aliphatic carbocycles. The summed E-state index contributed by atoms with van der Waals surface area (Å²) in [5.41, 5.74) is 16.5. The summed E-state index contributed by atoms with van der Waals surface area (Å²) >= 11 is 0. The predicted molar refractivity (Wildman–Crippen MR) is 315 cm³/mol. The van der Waals surface area contributed by atoms with E-state index in [0.29, 0.717) is 0 Å². The van der Waals surface area contributed by atoms with Gasteiger partial charge in [0, 0.05) is 33.2 Å². The van der Waals surface area contributed by atoms with E-state index in [1.807, 2.05) is 0 Å². The molecule has 0 radical (unpaired) electrons. The van der Waals surface area contributed by atoms with E-state index in [1.165, 1.54) is 116 Å². The number of benzene rings is 4. The van der Waals surface area contributed by atoms with Gasteiger partial charge in [-0.3, -0.25) is 0 Å². The van der Waals surface area contributed by atoms with Crippen LogP contribution < -0.4 is 9.47 Å². The summed E-state index contributed by atoms with van der Waals surface area (Å²) in [5, 5.41) is 0. The number of nitrogens with one attached hydrogen (secondary N) is 2. The van der Waals surface area contributed by atoms with Crippen molar-refractivity contribution in [3.8, 4) is 56.0 Å². The SMILES string of the molecule is CCCCCCCCCCCCOc1ccc(-c2ccc(-c3c4nc(cc5ccc([nH]5)c(-c5ccc(-c6ccc(OCCCCCCCCCCCC)cc6)cc5)c5nc(cc6ccc3[nH]6)C=C5)C=C4)cc2)cc1. The third-order valence-corrected chi connectivity index (χ3v) is 14.7. The zero-order chi connectivity index (χ0) is 50.6. The molecule has 0 amide bonds. The number of ether oxygens (including phenoxy) is 2. The molecule has 6 nitrogen and oxygen atoms in total. The summed E-state index contributed by atoms with van der Waals surface area (Å²) in [6.45, 7) is 6.11. The lowest BCUT2D eigenvalue weighted by Gasteiger charge is -2.09. The highest BCUT2D eigenvalue weighted by molar-refractivity contribution is 5.93. The van der Waals surface area contributed by atoms with Crippen molar-refractivity contribution in [3.05, 3.63) is 156 Å². The molecule has 0 unspecified atom stereocenters. The van der Waals surface area contributed by atoms with Gasteiger partial charge in [0.15, 0.2) is 0 Å². The Balaban J connectivity index is 0.869. The number of fused-ring (bicyclic) bond motifs is 8. The van der Waals surface area contributed by atoms with Gasteiger partial charge in [-0.2, -0.15) is 0 Å². The van der Waals surface area contributed by atoms with Gasteiger partial charge in [-0.25, -0.2) is 9.97 Å². The average molecular weight is 983 g/mol. The number of rotatable bonds is 28. The predicted octanol–water partition coefficient (Wildman–Crippen LogP) is 19.9. The van der Waals surface area contributed by atoms with Crippen molar-refractivity contribution in [1.82, 2.24) is 19.9 Å². The van der Waals surface area contributed by atoms with Crippen LogP contribution in [0.5, 0.6) is 11.5 Å². The summed E-state index contributed by atoms with van der Waals surface area (Å²) < 4.78 is 12.3. The van der Waals surface area contributed by atoms with Gasteiger partial charge in [0.2, 0.25) is 0 Å². The van der Waals surface area contributed by atoms with Gasteiger partial charge in [-0.05, 0) is 131 Å². The van der Waals surface area contributed by atoms with Crippen LogP contribution in [0.15, 0.2) is 133 Å². The van der Waals surface area contributed by atoms with Crippen LogP contribution in [0.2, 0.25) is 0 Å². The standard InChI is InChI=1S/C68H78N4O2/c1-3-5-7-9-11-13-15-17-19-21-47-73-61-39-31-53(32-40-61)51-23-27-55(28-24-51)67-63-43-35-57(69-63)49-59-37-45-65(71-59)68(66-46-38-60(72-66)50-58-36-44-64(67)70-58)56-29-25-52(26-30-56)54-33-41-62(42-34-54)74-48-22-20-18-16-14-12-10-8-6-4-2/h23-46,49-50,69,72H,3-22,47-48H2,1-2H3. The molecule has 2 aliphatic rings. The molecule has 74 heavy (non-hydrogen) atoms. The lowest BCUT2D eigenvalue weighted by atomic mass is 9.99. The largest absolute Gasteiger partial charge is 0.494 e. The highest BCUT2D eigenvalue weighted by atomic mass is 16.5. The highest BCUT2D eigenvalue weighted by Crippen LogP contribution is 2.35. The Bertz CT molecular complexity index is 2860. The third kappa shape index (κ3) is 14.6. The fraction of sp³-hybridized carbons (Fsp3) is 0.353. The van der Waals surface area contributed by atoms with Gasteiger partial charge in [-0.1, -0.05) is 202 Å². The number of hydrogen-bond donors (Lipinski definition) is 2. The van der Waals surface area contributed by atoms with Crippen LogP contribution in [-0.2, 0) is 0 Å². The van der Waals surface area contributed by atoms with Gasteiger partial charge in [0.05, 0.1) is 36.0 Å². The molecule has 2 N–H and O–H groups in total. The molecule has 4 aromatic carbocycles. The minimum absolute atomic E-state index is 0.773. The number of nitrogens with zero attached hydrogens (tertiary/aromatic N) is 2. The maximum absolute atomic E-state index is 6.13. The number of aromatic nitrogens is 4. The summed E-state index contributed by atoms with van der Waals surface area (Å²) in [6.07, 6.45) is 35.0. The minimum Gasteiger partial charge on any atom is -0.494 e. The van der Waals surface area contributed by atoms with Crippen LogP contribution in [0.25, 0.3) is 90.9 Å². The van der Waals surface area contributed by atoms with Crippen molar-refractivity contribution in [2.45, 2.75) is 142 Å². The molecule has 0 saturated heterocycles. The zero-order valence-electron chi connectivity index (χ0n) is 44.3. The Labute approximate surface area is 441 Å². The van der Waals surface area contributed by atoms with Crippen LogP contribution >= 0.6 is 0 Å². The quantitative estimate of drug-likeness (QED) is 0.0480. The Morgan fingerprint density at radius 2 is 0.635 bits per heavy atom. The van der Waals surface area contributed by atoms with E-state index < -0.39 is 0 Å². The van der Waals surface area contributed by atoms with E-state index in [0.717, 1.165) is 127 Å². The second-order valence-electron chi connectivity index (χ2n) is 20.5. The van der Waals surface area contributed by atoms with Crippen LogP contribution in [0.3, 0.4) is 0 Å². The first kappa shape index (κ1) is 52.0. The van der Waals surface area contributed by atoms with E-state index in [1.54, 1.807) is 0 Å². The van der Waals surface area contributed by atoms with E-state index in [9.17, 15) is 0 Å². The summed E-state index contributed by atoms with van der Waals surface area (Å²) in [4.78, 5) is 17.8. The average Bonchev–Trinajstić information content (AvgIpc) is 4.29. The zero-order valence-corrected chi connectivity index (χ0v) is 44.3. The molecule has 7 aromatic rings. The summed E-state index contributed by atoms with van der Waals surface area (Å²) in [5.74, 6) is 1.87. The van der Waals surface area contributed by atoms with Gasteiger partial charge < -0.3 is 19.4 Å². The molecule has 0 atom stereocenters. The molecule has 2 aliphatic heterocycles. The van der Waals surface area contributed by atoms with E-state index in [-0.39, 0.29) is 0 Å². The maximum Gasteiger partial charge on any atom is 0.119 e. The summed E-state index contributed by atoms with van der Waals surface area (Å²) in [7, 11) is 0. The number of unbranched alkanes of at least 4 members (excludes halogenated alkanes) is 18. The first-order valence-electron chi connectivity index (χ1n) is 28.4. The van der Waals surface area contributed by atoms with E-state index in [4.69, 9.17) is 19.4 Å². The molecule has 382 valence electrons. The molecule has 8 bridgehead atoms. The normalized spacial score (nSPS) is 11.9. The van der Waals surface area contributed by atoms with Crippen LogP contribution in [0.1, 0.15) is 165 Å². The van der Waals surface area contributed by atoms with Gasteiger partial charge in [0.1, 0.15) is 11.5 Å². The molecule has 9 rings (SSSR count). The van der Waals surface area contributed by atoms with E-state index in [2.05, 4.69) is 182 Å². The van der Waals surface area contributed by atoms with Gasteiger partial charge >= 0.3 is 0 Å². The maximum atomic E-state index is 6.13. The summed E-state index contributed by atoms with van der Waals surface area (Å²) in [6, 6.07) is 47.5.